The Balaban J connectivity index is 3.57. The van der Waals surface area contributed by atoms with Crippen LogP contribution in [0.4, 0.5) is 4.39 Å². The van der Waals surface area contributed by atoms with Gasteiger partial charge in [-0.25, -0.2) is 4.39 Å². The van der Waals surface area contributed by atoms with Crippen molar-refractivity contribution < 1.29 is 18.7 Å². The highest BCUT2D eigenvalue weighted by Crippen LogP contribution is 2.39. The van der Waals surface area contributed by atoms with Crippen molar-refractivity contribution in [1.29, 1.82) is 0 Å². The second kappa shape index (κ2) is 5.82. The number of ether oxygens (including phenoxy) is 2. The van der Waals surface area contributed by atoms with Crippen LogP contribution in [-0.2, 0) is 0 Å². The highest BCUT2D eigenvalue weighted by atomic mass is 19.1. The summed E-state index contributed by atoms with van der Waals surface area (Å²) in [4.78, 5) is 12.0. The van der Waals surface area contributed by atoms with Crippen molar-refractivity contribution in [3.05, 3.63) is 22.5 Å². The number of benzene rings is 1. The molecule has 0 fully saturated rings. The van der Waals surface area contributed by atoms with Gasteiger partial charge in [0.15, 0.2) is 17.3 Å². The highest BCUT2D eigenvalue weighted by Gasteiger charge is 2.25. The monoisotopic (exact) mass is 255 g/mol. The molecule has 1 aromatic rings. The fourth-order valence-electron chi connectivity index (χ4n) is 1.98. The number of carbonyl (C=O) groups is 1. The first-order valence-corrected chi connectivity index (χ1v) is 5.63. The van der Waals surface area contributed by atoms with E-state index in [9.17, 15) is 9.18 Å². The Morgan fingerprint density at radius 2 is 1.72 bits per heavy atom. The molecule has 0 aliphatic carbocycles. The summed E-state index contributed by atoms with van der Waals surface area (Å²) in [5, 5.41) is 0. The van der Waals surface area contributed by atoms with E-state index in [0.717, 1.165) is 0 Å². The van der Waals surface area contributed by atoms with Crippen molar-refractivity contribution in [3.63, 3.8) is 0 Å². The van der Waals surface area contributed by atoms with Crippen LogP contribution in [-0.4, -0.2) is 26.5 Å². The third-order valence-corrected chi connectivity index (χ3v) is 2.87. The molecule has 0 heterocycles. The fourth-order valence-corrected chi connectivity index (χ4v) is 1.98. The summed E-state index contributed by atoms with van der Waals surface area (Å²) in [5.74, 6) is -0.176. The average molecular weight is 255 g/mol. The molecule has 1 rings (SSSR count). The molecule has 0 saturated carbocycles. The van der Waals surface area contributed by atoms with Gasteiger partial charge in [0.05, 0.1) is 19.8 Å². The molecule has 2 N–H and O–H groups in total. The van der Waals surface area contributed by atoms with Gasteiger partial charge < -0.3 is 15.2 Å². The molecule has 1 aromatic carbocycles. The summed E-state index contributed by atoms with van der Waals surface area (Å²) in [6.45, 7) is 3.34. The first-order valence-electron chi connectivity index (χ1n) is 5.63. The molecule has 0 spiro atoms. The SMILES string of the molecule is COc1c(C)c(F)c(C)c(C(=O)CCN)c1OC. The first-order chi connectivity index (χ1) is 8.49. The van der Waals surface area contributed by atoms with Gasteiger partial charge in [-0.15, -0.1) is 0 Å². The maximum absolute atomic E-state index is 14.0. The lowest BCUT2D eigenvalue weighted by Crippen LogP contribution is -2.13. The van der Waals surface area contributed by atoms with Crippen LogP contribution in [0.2, 0.25) is 0 Å². The topological polar surface area (TPSA) is 61.5 Å². The van der Waals surface area contributed by atoms with E-state index in [1.165, 1.54) is 14.2 Å². The lowest BCUT2D eigenvalue weighted by Gasteiger charge is -2.17. The van der Waals surface area contributed by atoms with E-state index in [-0.39, 0.29) is 41.4 Å². The molecule has 0 atom stereocenters. The number of ketones is 1. The van der Waals surface area contributed by atoms with E-state index in [2.05, 4.69) is 0 Å². The van der Waals surface area contributed by atoms with Gasteiger partial charge in [-0.05, 0) is 26.0 Å². The van der Waals surface area contributed by atoms with Crippen LogP contribution in [0.15, 0.2) is 0 Å². The van der Waals surface area contributed by atoms with Crippen LogP contribution < -0.4 is 15.2 Å². The van der Waals surface area contributed by atoms with Crippen molar-refractivity contribution in [3.8, 4) is 11.5 Å². The molecule has 100 valence electrons. The second-order valence-electron chi connectivity index (χ2n) is 3.97. The Kier molecular flexibility index (Phi) is 4.67. The molecular weight excluding hydrogens is 237 g/mol. The van der Waals surface area contributed by atoms with Crippen LogP contribution in [0.25, 0.3) is 0 Å². The van der Waals surface area contributed by atoms with E-state index in [1.54, 1.807) is 13.8 Å². The zero-order valence-corrected chi connectivity index (χ0v) is 11.1. The number of halogens is 1. The molecule has 18 heavy (non-hydrogen) atoms. The van der Waals surface area contributed by atoms with Crippen molar-refractivity contribution in [2.75, 3.05) is 20.8 Å². The van der Waals surface area contributed by atoms with E-state index < -0.39 is 5.82 Å². The number of Topliss-reactive ketones (excluding diaryl/α,β-unsaturated/α-hetero) is 1. The molecule has 0 unspecified atom stereocenters. The lowest BCUT2D eigenvalue weighted by atomic mass is 9.97. The molecule has 5 heteroatoms. The second-order valence-corrected chi connectivity index (χ2v) is 3.97. The molecule has 0 aliphatic heterocycles. The smallest absolute Gasteiger partial charge is 0.172 e. The van der Waals surface area contributed by atoms with Gasteiger partial charge in [0.1, 0.15) is 5.82 Å². The zero-order chi connectivity index (χ0) is 13.9. The van der Waals surface area contributed by atoms with Crippen LogP contribution in [0.3, 0.4) is 0 Å². The normalized spacial score (nSPS) is 10.3. The Labute approximate surface area is 106 Å². The van der Waals surface area contributed by atoms with E-state index in [4.69, 9.17) is 15.2 Å². The molecule has 0 aliphatic rings. The maximum atomic E-state index is 14.0. The fraction of sp³-hybridized carbons (Fsp3) is 0.462. The van der Waals surface area contributed by atoms with Crippen LogP contribution >= 0.6 is 0 Å². The molecule has 0 bridgehead atoms. The van der Waals surface area contributed by atoms with Crippen LogP contribution in [0.1, 0.15) is 27.9 Å². The zero-order valence-electron chi connectivity index (χ0n) is 11.1. The largest absolute Gasteiger partial charge is 0.492 e. The summed E-state index contributed by atoms with van der Waals surface area (Å²) >= 11 is 0. The Bertz CT molecular complexity index is 472. The number of methoxy groups -OCH3 is 2. The third-order valence-electron chi connectivity index (χ3n) is 2.87. The van der Waals surface area contributed by atoms with E-state index in [0.29, 0.717) is 5.56 Å². The number of nitrogens with two attached hydrogens (primary N) is 1. The summed E-state index contributed by atoms with van der Waals surface area (Å²) < 4.78 is 24.4. The summed E-state index contributed by atoms with van der Waals surface area (Å²) in [6.07, 6.45) is 0.142. The molecule has 0 radical (unpaired) electrons. The summed E-state index contributed by atoms with van der Waals surface area (Å²) in [7, 11) is 2.84. The van der Waals surface area contributed by atoms with Gasteiger partial charge in [-0.2, -0.15) is 0 Å². The Morgan fingerprint density at radius 1 is 1.17 bits per heavy atom. The Morgan fingerprint density at radius 3 is 2.17 bits per heavy atom. The molecule has 0 aromatic heterocycles. The van der Waals surface area contributed by atoms with E-state index in [1.807, 2.05) is 0 Å². The predicted molar refractivity (Wildman–Crippen MR) is 67.0 cm³/mol. The first kappa shape index (κ1) is 14.4. The third kappa shape index (κ3) is 2.31. The van der Waals surface area contributed by atoms with Gasteiger partial charge in [0, 0.05) is 12.0 Å². The van der Waals surface area contributed by atoms with Crippen molar-refractivity contribution >= 4 is 5.78 Å². The molecule has 4 nitrogen and oxygen atoms in total. The number of hydrogen-bond donors (Lipinski definition) is 1. The molecule has 0 saturated heterocycles. The van der Waals surface area contributed by atoms with Gasteiger partial charge in [-0.1, -0.05) is 0 Å². The quantitative estimate of drug-likeness (QED) is 0.817. The van der Waals surface area contributed by atoms with Gasteiger partial charge in [0.2, 0.25) is 0 Å². The molecule has 0 amide bonds. The maximum Gasteiger partial charge on any atom is 0.172 e. The minimum Gasteiger partial charge on any atom is -0.492 e. The molecular formula is C13H18FNO3. The lowest BCUT2D eigenvalue weighted by molar-refractivity contribution is 0.0980. The number of carbonyl (C=O) groups excluding carboxylic acids is 1. The van der Waals surface area contributed by atoms with E-state index >= 15 is 0 Å². The Hall–Kier alpha value is -1.62. The van der Waals surface area contributed by atoms with Crippen molar-refractivity contribution in [1.82, 2.24) is 0 Å². The highest BCUT2D eigenvalue weighted by molar-refractivity contribution is 6.01. The predicted octanol–water partition coefficient (Wildman–Crippen LogP) is 1.99. The standard InChI is InChI=1S/C13H18FNO3/c1-7-10(9(16)5-6-15)13(18-4)12(17-3)8(2)11(7)14/h5-6,15H2,1-4H3. The number of rotatable bonds is 5. The minimum absolute atomic E-state index is 0.142. The summed E-state index contributed by atoms with van der Waals surface area (Å²) in [6, 6.07) is 0. The van der Waals surface area contributed by atoms with Crippen LogP contribution in [0.5, 0.6) is 11.5 Å². The van der Waals surface area contributed by atoms with Crippen molar-refractivity contribution in [2.24, 2.45) is 5.73 Å². The summed E-state index contributed by atoms with van der Waals surface area (Å²) in [5.41, 5.74) is 6.17. The van der Waals surface area contributed by atoms with Gasteiger partial charge in [-0.3, -0.25) is 4.79 Å². The van der Waals surface area contributed by atoms with Gasteiger partial charge >= 0.3 is 0 Å². The van der Waals surface area contributed by atoms with Crippen LogP contribution in [0, 0.1) is 19.7 Å². The minimum atomic E-state index is -0.451. The average Bonchev–Trinajstić information content (AvgIpc) is 2.35. The number of hydrogen-bond acceptors (Lipinski definition) is 4. The van der Waals surface area contributed by atoms with Crippen molar-refractivity contribution in [2.45, 2.75) is 20.3 Å². The van der Waals surface area contributed by atoms with Gasteiger partial charge in [0.25, 0.3) is 0 Å².